The van der Waals surface area contributed by atoms with Crippen molar-refractivity contribution in [3.8, 4) is 0 Å². The first-order valence-electron chi connectivity index (χ1n) is 7.36. The van der Waals surface area contributed by atoms with E-state index in [0.29, 0.717) is 27.8 Å². The molecule has 20 heavy (non-hydrogen) atoms. The Morgan fingerprint density at radius 3 is 2.30 bits per heavy atom. The predicted octanol–water partition coefficient (Wildman–Crippen LogP) is 5.50. The first-order chi connectivity index (χ1) is 9.20. The van der Waals surface area contributed by atoms with Crippen molar-refractivity contribution in [1.29, 1.82) is 0 Å². The van der Waals surface area contributed by atoms with Gasteiger partial charge in [-0.3, -0.25) is 0 Å². The van der Waals surface area contributed by atoms with Gasteiger partial charge in [0.2, 0.25) is 0 Å². The van der Waals surface area contributed by atoms with Gasteiger partial charge in [0, 0.05) is 16.5 Å². The molecule has 1 fully saturated rings. The minimum Gasteiger partial charge on any atom is -0.390 e. The van der Waals surface area contributed by atoms with E-state index in [4.69, 9.17) is 23.2 Å². The van der Waals surface area contributed by atoms with E-state index in [-0.39, 0.29) is 0 Å². The molecule has 0 saturated heterocycles. The molecule has 0 heterocycles. The Morgan fingerprint density at radius 2 is 1.80 bits per heavy atom. The fraction of sp³-hybridized carbons (Fsp3) is 0.647. The highest BCUT2D eigenvalue weighted by Gasteiger charge is 2.37. The second-order valence-electron chi connectivity index (χ2n) is 7.28. The van der Waals surface area contributed by atoms with Crippen molar-refractivity contribution >= 4 is 23.2 Å². The van der Waals surface area contributed by atoms with Crippen LogP contribution in [0.1, 0.15) is 52.0 Å². The topological polar surface area (TPSA) is 20.2 Å². The zero-order chi connectivity index (χ0) is 15.0. The lowest BCUT2D eigenvalue weighted by Crippen LogP contribution is -2.39. The maximum absolute atomic E-state index is 10.8. The lowest BCUT2D eigenvalue weighted by atomic mass is 9.67. The molecule has 1 aliphatic rings. The zero-order valence-electron chi connectivity index (χ0n) is 12.5. The van der Waals surface area contributed by atoms with Crippen LogP contribution >= 0.6 is 23.2 Å². The molecule has 0 amide bonds. The first-order valence-corrected chi connectivity index (χ1v) is 8.11. The lowest BCUT2D eigenvalue weighted by Gasteiger charge is -2.41. The summed E-state index contributed by atoms with van der Waals surface area (Å²) in [6, 6.07) is 5.52. The van der Waals surface area contributed by atoms with E-state index in [9.17, 15) is 5.11 Å². The van der Waals surface area contributed by atoms with E-state index in [1.165, 1.54) is 0 Å². The van der Waals surface area contributed by atoms with Gasteiger partial charge in [-0.05, 0) is 54.7 Å². The summed E-state index contributed by atoms with van der Waals surface area (Å²) >= 11 is 12.1. The number of hydrogen-bond acceptors (Lipinski definition) is 1. The standard InChI is InChI=1S/C17H24Cl2O/c1-16(2,3)13-6-8-17(20,9-7-13)11-12-4-5-14(18)10-15(12)19/h4-5,10,13,20H,6-9,11H2,1-3H3. The molecule has 1 saturated carbocycles. The van der Waals surface area contributed by atoms with Gasteiger partial charge in [0.1, 0.15) is 0 Å². The van der Waals surface area contributed by atoms with Crippen LogP contribution in [0.25, 0.3) is 0 Å². The van der Waals surface area contributed by atoms with Gasteiger partial charge in [-0.1, -0.05) is 50.0 Å². The highest BCUT2D eigenvalue weighted by Crippen LogP contribution is 2.43. The molecule has 3 heteroatoms. The van der Waals surface area contributed by atoms with Gasteiger partial charge in [0.05, 0.1) is 5.60 Å². The summed E-state index contributed by atoms with van der Waals surface area (Å²) in [5, 5.41) is 12.1. The van der Waals surface area contributed by atoms with Gasteiger partial charge in [-0.15, -0.1) is 0 Å². The molecular weight excluding hydrogens is 291 g/mol. The average Bonchev–Trinajstić information content (AvgIpc) is 2.32. The maximum atomic E-state index is 10.8. The molecule has 0 aromatic heterocycles. The fourth-order valence-electron chi connectivity index (χ4n) is 3.22. The summed E-state index contributed by atoms with van der Waals surface area (Å²) in [4.78, 5) is 0. The van der Waals surface area contributed by atoms with Crippen molar-refractivity contribution in [2.75, 3.05) is 0 Å². The third-order valence-corrected chi connectivity index (χ3v) is 5.26. The van der Waals surface area contributed by atoms with Gasteiger partial charge in [0.25, 0.3) is 0 Å². The number of rotatable bonds is 2. The highest BCUT2D eigenvalue weighted by atomic mass is 35.5. The average molecular weight is 315 g/mol. The zero-order valence-corrected chi connectivity index (χ0v) is 14.1. The van der Waals surface area contributed by atoms with Gasteiger partial charge < -0.3 is 5.11 Å². The monoisotopic (exact) mass is 314 g/mol. The van der Waals surface area contributed by atoms with Crippen LogP contribution in [0.2, 0.25) is 10.0 Å². The summed E-state index contributed by atoms with van der Waals surface area (Å²) in [5.41, 5.74) is 0.714. The van der Waals surface area contributed by atoms with Crippen LogP contribution in [-0.4, -0.2) is 10.7 Å². The molecule has 0 aliphatic heterocycles. The van der Waals surface area contributed by atoms with Crippen LogP contribution in [0.15, 0.2) is 18.2 Å². The van der Waals surface area contributed by atoms with Crippen molar-refractivity contribution < 1.29 is 5.11 Å². The van der Waals surface area contributed by atoms with Gasteiger partial charge in [-0.25, -0.2) is 0 Å². The number of hydrogen-bond donors (Lipinski definition) is 1. The Bertz CT molecular complexity index is 468. The summed E-state index contributed by atoms with van der Waals surface area (Å²) in [6.07, 6.45) is 4.51. The van der Waals surface area contributed by atoms with Crippen molar-refractivity contribution in [2.24, 2.45) is 11.3 Å². The predicted molar refractivity (Wildman–Crippen MR) is 86.5 cm³/mol. The number of halogens is 2. The molecule has 1 aromatic carbocycles. The Hall–Kier alpha value is -0.240. The van der Waals surface area contributed by atoms with Crippen molar-refractivity contribution in [3.05, 3.63) is 33.8 Å². The smallest absolute Gasteiger partial charge is 0.0688 e. The molecule has 1 aromatic rings. The van der Waals surface area contributed by atoms with Gasteiger partial charge in [-0.2, -0.15) is 0 Å². The van der Waals surface area contributed by atoms with Crippen LogP contribution in [0.4, 0.5) is 0 Å². The minimum atomic E-state index is -0.612. The Morgan fingerprint density at radius 1 is 1.20 bits per heavy atom. The molecule has 2 rings (SSSR count). The van der Waals surface area contributed by atoms with E-state index in [2.05, 4.69) is 20.8 Å². The Kier molecular flexibility index (Phi) is 4.73. The van der Waals surface area contributed by atoms with Crippen LogP contribution in [0.3, 0.4) is 0 Å². The van der Waals surface area contributed by atoms with Crippen LogP contribution < -0.4 is 0 Å². The third-order valence-electron chi connectivity index (χ3n) is 4.68. The van der Waals surface area contributed by atoms with Crippen molar-refractivity contribution in [1.82, 2.24) is 0 Å². The highest BCUT2D eigenvalue weighted by molar-refractivity contribution is 6.35. The molecule has 0 bridgehead atoms. The van der Waals surface area contributed by atoms with E-state index < -0.39 is 5.60 Å². The van der Waals surface area contributed by atoms with E-state index >= 15 is 0 Å². The van der Waals surface area contributed by atoms with Crippen LogP contribution in [0.5, 0.6) is 0 Å². The molecule has 0 atom stereocenters. The normalized spacial score (nSPS) is 27.6. The summed E-state index contributed by atoms with van der Waals surface area (Å²) in [5.74, 6) is 0.698. The Labute approximate surface area is 132 Å². The van der Waals surface area contributed by atoms with E-state index in [1.54, 1.807) is 6.07 Å². The maximum Gasteiger partial charge on any atom is 0.0688 e. The van der Waals surface area contributed by atoms with E-state index in [1.807, 2.05) is 12.1 Å². The second-order valence-corrected chi connectivity index (χ2v) is 8.12. The summed E-state index contributed by atoms with van der Waals surface area (Å²) in [7, 11) is 0. The molecule has 112 valence electrons. The largest absolute Gasteiger partial charge is 0.390 e. The second kappa shape index (κ2) is 5.87. The van der Waals surface area contributed by atoms with Crippen LogP contribution in [0, 0.1) is 11.3 Å². The SMILES string of the molecule is CC(C)(C)C1CCC(O)(Cc2ccc(Cl)cc2Cl)CC1. The summed E-state index contributed by atoms with van der Waals surface area (Å²) < 4.78 is 0. The summed E-state index contributed by atoms with van der Waals surface area (Å²) in [6.45, 7) is 6.87. The fourth-order valence-corrected chi connectivity index (χ4v) is 3.69. The molecule has 1 nitrogen and oxygen atoms in total. The number of aliphatic hydroxyl groups is 1. The van der Waals surface area contributed by atoms with Crippen molar-refractivity contribution in [3.63, 3.8) is 0 Å². The molecule has 0 unspecified atom stereocenters. The van der Waals surface area contributed by atoms with Crippen LogP contribution in [-0.2, 0) is 6.42 Å². The van der Waals surface area contributed by atoms with Gasteiger partial charge in [0.15, 0.2) is 0 Å². The first kappa shape index (κ1) is 16.1. The quantitative estimate of drug-likeness (QED) is 0.763. The molecule has 1 N–H and O–H groups in total. The van der Waals surface area contributed by atoms with Gasteiger partial charge >= 0.3 is 0 Å². The minimum absolute atomic E-state index is 0.333. The molecular formula is C17H24Cl2O. The molecule has 1 aliphatic carbocycles. The number of benzene rings is 1. The Balaban J connectivity index is 2.03. The third kappa shape index (κ3) is 3.90. The molecule has 0 spiro atoms. The van der Waals surface area contributed by atoms with Crippen molar-refractivity contribution in [2.45, 2.75) is 58.5 Å². The molecule has 0 radical (unpaired) electrons. The lowest BCUT2D eigenvalue weighted by molar-refractivity contribution is -0.0245. The van der Waals surface area contributed by atoms with E-state index in [0.717, 1.165) is 31.2 Å².